The maximum absolute atomic E-state index is 11.8. The number of hydrogen-bond acceptors (Lipinski definition) is 4. The minimum atomic E-state index is -4.42. The number of hydrogen-bond donors (Lipinski definition) is 1. The van der Waals surface area contributed by atoms with Crippen molar-refractivity contribution < 1.29 is 52.4 Å². The fraction of sp³-hybridized carbons (Fsp3) is 0.455. The Labute approximate surface area is 196 Å². The number of unbranched alkanes of at least 4 members (excludes halogenated alkanes) is 7. The van der Waals surface area contributed by atoms with Gasteiger partial charge in [-0.15, -0.1) is 5.75 Å². The first-order chi connectivity index (χ1) is 13.4. The Bertz CT molecular complexity index is 835. The van der Waals surface area contributed by atoms with Gasteiger partial charge in [-0.1, -0.05) is 70.1 Å². The topological polar surface area (TPSA) is 86.7 Å². The molecule has 0 aromatic heterocycles. The molecule has 0 saturated heterocycles. The number of aryl methyl sites for hydroxylation is 1. The Hall–Kier alpha value is -1.05. The molecule has 2 rings (SSSR count). The van der Waals surface area contributed by atoms with Crippen molar-refractivity contribution in [3.8, 4) is 17.2 Å². The molecule has 0 aliphatic carbocycles. The molecule has 0 radical (unpaired) electrons. The van der Waals surface area contributed by atoms with E-state index in [1.165, 1.54) is 68.9 Å². The van der Waals surface area contributed by atoms with Gasteiger partial charge in [0.1, 0.15) is 16.4 Å². The van der Waals surface area contributed by atoms with Crippen LogP contribution in [0.1, 0.15) is 63.9 Å². The van der Waals surface area contributed by atoms with E-state index in [1.807, 2.05) is 6.07 Å². The second-order valence-electron chi connectivity index (χ2n) is 7.05. The van der Waals surface area contributed by atoms with Gasteiger partial charge in [0.2, 0.25) is 0 Å². The molecule has 0 amide bonds. The third-order valence-electron chi connectivity index (χ3n) is 4.66. The van der Waals surface area contributed by atoms with Crippen molar-refractivity contribution >= 4 is 10.1 Å². The largest absolute Gasteiger partial charge is 1.00 e. The van der Waals surface area contributed by atoms with Gasteiger partial charge in [0.25, 0.3) is 10.1 Å². The molecule has 0 spiro atoms. The second-order valence-corrected chi connectivity index (χ2v) is 8.44. The van der Waals surface area contributed by atoms with Gasteiger partial charge in [-0.2, -0.15) is 8.42 Å². The van der Waals surface area contributed by atoms with E-state index in [9.17, 15) is 18.1 Å². The Morgan fingerprint density at radius 1 is 0.897 bits per heavy atom. The van der Waals surface area contributed by atoms with Crippen molar-refractivity contribution in [2.24, 2.45) is 0 Å². The molecule has 0 bridgehead atoms. The summed E-state index contributed by atoms with van der Waals surface area (Å²) in [6.07, 6.45) is 10.4. The van der Waals surface area contributed by atoms with Gasteiger partial charge in [0.05, 0.1) is 0 Å². The molecular weight excluding hydrogens is 399 g/mol. The van der Waals surface area contributed by atoms with Crippen LogP contribution in [0.2, 0.25) is 0 Å². The van der Waals surface area contributed by atoms with Crippen molar-refractivity contribution in [1.82, 2.24) is 0 Å². The first-order valence-corrected chi connectivity index (χ1v) is 11.4. The smallest absolute Gasteiger partial charge is 0.872 e. The molecule has 29 heavy (non-hydrogen) atoms. The Morgan fingerprint density at radius 3 is 2.07 bits per heavy atom. The molecule has 0 atom stereocenters. The van der Waals surface area contributed by atoms with Crippen LogP contribution in [0.25, 0.3) is 0 Å². The van der Waals surface area contributed by atoms with Gasteiger partial charge in [-0.25, -0.2) is 0 Å². The molecule has 0 heterocycles. The van der Waals surface area contributed by atoms with Crippen LogP contribution in [0.15, 0.2) is 47.4 Å². The van der Waals surface area contributed by atoms with Crippen LogP contribution >= 0.6 is 0 Å². The van der Waals surface area contributed by atoms with Gasteiger partial charge in [0.15, 0.2) is 0 Å². The number of rotatable bonds is 12. The Kier molecular flexibility index (Phi) is 11.9. The standard InChI is InChI=1S/C22H30O5S.Na/c1-2-3-4-5-6-7-8-9-10-18-11-16-21(22(17-18)28(24,25)26)27-20-14-12-19(23)13-15-20;/h11-17,23H,2-10H2,1H3,(H,24,25,26);/q;+1/p-1. The van der Waals surface area contributed by atoms with Gasteiger partial charge in [-0.05, 0) is 42.7 Å². The van der Waals surface area contributed by atoms with Crippen molar-refractivity contribution in [2.75, 3.05) is 0 Å². The first-order valence-electron chi connectivity index (χ1n) is 9.95. The summed E-state index contributed by atoms with van der Waals surface area (Å²) in [5.74, 6) is 0.212. The molecule has 0 unspecified atom stereocenters. The molecule has 7 heteroatoms. The summed E-state index contributed by atoms with van der Waals surface area (Å²) in [6, 6.07) is 10.4. The molecule has 5 nitrogen and oxygen atoms in total. The quantitative estimate of drug-likeness (QED) is 0.319. The summed E-state index contributed by atoms with van der Waals surface area (Å²) in [5.41, 5.74) is 0.848. The van der Waals surface area contributed by atoms with Crippen LogP contribution in [-0.2, 0) is 16.5 Å². The molecule has 154 valence electrons. The third-order valence-corrected chi connectivity index (χ3v) is 5.53. The predicted octanol–water partition coefficient (Wildman–Crippen LogP) is 2.49. The summed E-state index contributed by atoms with van der Waals surface area (Å²) >= 11 is 0. The Morgan fingerprint density at radius 2 is 1.48 bits per heavy atom. The van der Waals surface area contributed by atoms with Crippen molar-refractivity contribution in [2.45, 2.75) is 69.6 Å². The second kappa shape index (κ2) is 13.3. The summed E-state index contributed by atoms with van der Waals surface area (Å²) in [6.45, 7) is 2.21. The SMILES string of the molecule is CCCCCCCCCCc1ccc(Oc2ccc([O-])cc2)c(S(=O)(=O)O)c1.[Na+]. The third kappa shape index (κ3) is 9.53. The molecule has 2 aromatic carbocycles. The molecule has 0 aliphatic heterocycles. The van der Waals surface area contributed by atoms with E-state index in [-0.39, 0.29) is 46.0 Å². The van der Waals surface area contributed by atoms with E-state index in [0.29, 0.717) is 5.75 Å². The zero-order valence-electron chi connectivity index (χ0n) is 17.4. The summed E-state index contributed by atoms with van der Waals surface area (Å²) in [5, 5.41) is 11.2. The molecule has 0 saturated carbocycles. The predicted molar refractivity (Wildman–Crippen MR) is 109 cm³/mol. The van der Waals surface area contributed by atoms with Crippen LogP contribution in [0, 0.1) is 0 Å². The van der Waals surface area contributed by atoms with E-state index in [1.54, 1.807) is 6.07 Å². The maximum Gasteiger partial charge on any atom is 1.00 e. The summed E-state index contributed by atoms with van der Waals surface area (Å²) < 4.78 is 38.7. The Balaban J connectivity index is 0.00000420. The van der Waals surface area contributed by atoms with Crippen LogP contribution in [0.3, 0.4) is 0 Å². The van der Waals surface area contributed by atoms with Crippen LogP contribution in [-0.4, -0.2) is 13.0 Å². The number of ether oxygens (including phenoxy) is 1. The average molecular weight is 429 g/mol. The fourth-order valence-corrected chi connectivity index (χ4v) is 3.76. The van der Waals surface area contributed by atoms with E-state index >= 15 is 0 Å². The summed E-state index contributed by atoms with van der Waals surface area (Å²) in [4.78, 5) is -0.254. The van der Waals surface area contributed by atoms with E-state index < -0.39 is 10.1 Å². The molecule has 0 aliphatic rings. The molecule has 0 fully saturated rings. The first kappa shape index (κ1) is 26.0. The fourth-order valence-electron chi connectivity index (χ4n) is 3.09. The summed E-state index contributed by atoms with van der Waals surface area (Å²) in [7, 11) is -4.42. The van der Waals surface area contributed by atoms with Gasteiger partial charge >= 0.3 is 29.6 Å². The zero-order chi connectivity index (χ0) is 20.4. The van der Waals surface area contributed by atoms with E-state index in [0.717, 1.165) is 24.8 Å². The van der Waals surface area contributed by atoms with Gasteiger partial charge < -0.3 is 9.84 Å². The van der Waals surface area contributed by atoms with Crippen molar-refractivity contribution in [3.05, 3.63) is 48.0 Å². The molecule has 2 aromatic rings. The molecular formula is C22H29NaO5S. The van der Waals surface area contributed by atoms with E-state index in [2.05, 4.69) is 6.92 Å². The number of benzene rings is 2. The minimum Gasteiger partial charge on any atom is -0.872 e. The normalized spacial score (nSPS) is 11.1. The molecule has 1 N–H and O–H groups in total. The minimum absolute atomic E-state index is 0. The van der Waals surface area contributed by atoms with E-state index in [4.69, 9.17) is 4.74 Å². The zero-order valence-corrected chi connectivity index (χ0v) is 20.2. The van der Waals surface area contributed by atoms with Crippen LogP contribution < -0.4 is 39.4 Å². The van der Waals surface area contributed by atoms with Crippen molar-refractivity contribution in [1.29, 1.82) is 0 Å². The van der Waals surface area contributed by atoms with Gasteiger partial charge in [-0.3, -0.25) is 4.55 Å². The average Bonchev–Trinajstić information content (AvgIpc) is 2.66. The van der Waals surface area contributed by atoms with Crippen LogP contribution in [0.5, 0.6) is 17.2 Å². The van der Waals surface area contributed by atoms with Crippen molar-refractivity contribution in [3.63, 3.8) is 0 Å². The maximum atomic E-state index is 11.8. The monoisotopic (exact) mass is 428 g/mol. The van der Waals surface area contributed by atoms with Crippen LogP contribution in [0.4, 0.5) is 0 Å². The van der Waals surface area contributed by atoms with Gasteiger partial charge in [0, 0.05) is 0 Å².